The topological polar surface area (TPSA) is 75.3 Å². The van der Waals surface area contributed by atoms with Crippen LogP contribution in [0.5, 0.6) is 0 Å². The Bertz CT molecular complexity index is 885. The normalized spacial score (nSPS) is 20.8. The van der Waals surface area contributed by atoms with Crippen molar-refractivity contribution >= 4 is 34.7 Å². The van der Waals surface area contributed by atoms with E-state index in [0.717, 1.165) is 48.4 Å². The fourth-order valence-corrected chi connectivity index (χ4v) is 3.65. The highest BCUT2D eigenvalue weighted by Crippen LogP contribution is 2.26. The van der Waals surface area contributed by atoms with Gasteiger partial charge in [-0.2, -0.15) is 0 Å². The second-order valence-electron chi connectivity index (χ2n) is 6.28. The van der Waals surface area contributed by atoms with Gasteiger partial charge in [-0.15, -0.1) is 5.10 Å². The van der Waals surface area contributed by atoms with Crippen molar-refractivity contribution in [2.24, 2.45) is 0 Å². The van der Waals surface area contributed by atoms with Crippen molar-refractivity contribution in [2.45, 2.75) is 37.8 Å². The molecule has 1 aliphatic carbocycles. The standard InChI is InChI=1S/C17H17Cl2N5O/c18-14-7-10(8-15(19)22-14)13-9-20-17-6-5-16(23-24(13)17)21-11-1-3-12(25)4-2-11/h5-9,11-12,25H,1-4H2,(H,21,23)/t11-,12-. The van der Waals surface area contributed by atoms with Crippen LogP contribution in [-0.4, -0.2) is 36.8 Å². The quantitative estimate of drug-likeness (QED) is 0.678. The van der Waals surface area contributed by atoms with E-state index >= 15 is 0 Å². The van der Waals surface area contributed by atoms with Crippen molar-refractivity contribution in [1.82, 2.24) is 19.6 Å². The van der Waals surface area contributed by atoms with E-state index in [1.165, 1.54) is 0 Å². The highest BCUT2D eigenvalue weighted by atomic mass is 35.5. The minimum absolute atomic E-state index is 0.171. The molecule has 0 spiro atoms. The molecule has 1 saturated carbocycles. The Morgan fingerprint density at radius 2 is 1.80 bits per heavy atom. The molecule has 0 unspecified atom stereocenters. The van der Waals surface area contributed by atoms with Crippen molar-refractivity contribution in [3.63, 3.8) is 0 Å². The number of imidazole rings is 1. The Morgan fingerprint density at radius 1 is 1.08 bits per heavy atom. The summed E-state index contributed by atoms with van der Waals surface area (Å²) in [5.74, 6) is 0.777. The Hall–Kier alpha value is -1.89. The molecule has 0 amide bonds. The van der Waals surface area contributed by atoms with Gasteiger partial charge >= 0.3 is 0 Å². The molecular formula is C17H17Cl2N5O. The van der Waals surface area contributed by atoms with Crippen LogP contribution in [0.2, 0.25) is 10.3 Å². The molecule has 0 atom stereocenters. The number of rotatable bonds is 3. The summed E-state index contributed by atoms with van der Waals surface area (Å²) in [5, 5.41) is 18.4. The third kappa shape index (κ3) is 3.56. The third-order valence-electron chi connectivity index (χ3n) is 4.47. The van der Waals surface area contributed by atoms with Crippen LogP contribution in [0.25, 0.3) is 16.9 Å². The van der Waals surface area contributed by atoms with Crippen LogP contribution in [0.3, 0.4) is 0 Å². The summed E-state index contributed by atoms with van der Waals surface area (Å²) in [5.41, 5.74) is 2.34. The second kappa shape index (κ2) is 6.78. The molecule has 6 nitrogen and oxygen atoms in total. The number of nitrogens with zero attached hydrogens (tertiary/aromatic N) is 4. The SMILES string of the molecule is O[C@H]1CC[C@H](Nc2ccc3ncc(-c4cc(Cl)nc(Cl)c4)n3n2)CC1. The zero-order valence-corrected chi connectivity index (χ0v) is 14.9. The molecule has 3 aromatic heterocycles. The molecule has 8 heteroatoms. The van der Waals surface area contributed by atoms with E-state index in [0.29, 0.717) is 16.3 Å². The number of anilines is 1. The molecule has 3 aromatic rings. The number of pyridine rings is 1. The molecule has 1 aliphatic rings. The number of hydrogen-bond donors (Lipinski definition) is 2. The lowest BCUT2D eigenvalue weighted by atomic mass is 9.93. The third-order valence-corrected chi connectivity index (χ3v) is 4.86. The van der Waals surface area contributed by atoms with Crippen molar-refractivity contribution in [2.75, 3.05) is 5.32 Å². The lowest BCUT2D eigenvalue weighted by Gasteiger charge is -2.26. The van der Waals surface area contributed by atoms with Crippen molar-refractivity contribution in [1.29, 1.82) is 0 Å². The lowest BCUT2D eigenvalue weighted by molar-refractivity contribution is 0.126. The van der Waals surface area contributed by atoms with Crippen molar-refractivity contribution in [3.05, 3.63) is 40.8 Å². The highest BCUT2D eigenvalue weighted by Gasteiger charge is 2.19. The van der Waals surface area contributed by atoms with E-state index in [9.17, 15) is 5.11 Å². The van der Waals surface area contributed by atoms with Crippen LogP contribution in [0.4, 0.5) is 5.82 Å². The van der Waals surface area contributed by atoms with E-state index in [-0.39, 0.29) is 6.10 Å². The van der Waals surface area contributed by atoms with Crippen LogP contribution in [0.15, 0.2) is 30.5 Å². The number of aliphatic hydroxyl groups is 1. The van der Waals surface area contributed by atoms with Crippen LogP contribution in [0.1, 0.15) is 25.7 Å². The molecule has 130 valence electrons. The van der Waals surface area contributed by atoms with Gasteiger partial charge in [0.05, 0.1) is 18.0 Å². The maximum atomic E-state index is 9.63. The average Bonchev–Trinajstić information content (AvgIpc) is 2.99. The molecule has 0 saturated heterocycles. The van der Waals surface area contributed by atoms with Crippen molar-refractivity contribution < 1.29 is 5.11 Å². The summed E-state index contributed by atoms with van der Waals surface area (Å²) >= 11 is 12.0. The van der Waals surface area contributed by atoms with Crippen LogP contribution in [-0.2, 0) is 0 Å². The Morgan fingerprint density at radius 3 is 2.52 bits per heavy atom. The van der Waals surface area contributed by atoms with Gasteiger partial charge in [0, 0.05) is 11.6 Å². The smallest absolute Gasteiger partial charge is 0.154 e. The average molecular weight is 378 g/mol. The number of aliphatic hydroxyl groups excluding tert-OH is 1. The van der Waals surface area contributed by atoms with Crippen LogP contribution < -0.4 is 5.32 Å². The minimum atomic E-state index is -0.171. The van der Waals surface area contributed by atoms with Gasteiger partial charge in [-0.05, 0) is 49.9 Å². The van der Waals surface area contributed by atoms with Gasteiger partial charge in [0.25, 0.3) is 0 Å². The van der Waals surface area contributed by atoms with Crippen molar-refractivity contribution in [3.8, 4) is 11.3 Å². The van der Waals surface area contributed by atoms with Gasteiger partial charge in [-0.1, -0.05) is 23.2 Å². The zero-order valence-electron chi connectivity index (χ0n) is 13.4. The summed E-state index contributed by atoms with van der Waals surface area (Å²) in [6, 6.07) is 7.64. The Kier molecular flexibility index (Phi) is 4.50. The molecule has 2 N–H and O–H groups in total. The van der Waals surface area contributed by atoms with E-state index < -0.39 is 0 Å². The van der Waals surface area contributed by atoms with E-state index in [1.807, 2.05) is 12.1 Å². The molecule has 1 fully saturated rings. The molecule has 0 aromatic carbocycles. The maximum absolute atomic E-state index is 9.63. The van der Waals surface area contributed by atoms with E-state index in [2.05, 4.69) is 20.4 Å². The first-order valence-corrected chi connectivity index (χ1v) is 8.97. The monoisotopic (exact) mass is 377 g/mol. The number of fused-ring (bicyclic) bond motifs is 1. The van der Waals surface area contributed by atoms with Gasteiger partial charge in [-0.3, -0.25) is 0 Å². The summed E-state index contributed by atoms with van der Waals surface area (Å²) < 4.78 is 1.77. The van der Waals surface area contributed by atoms with E-state index in [1.54, 1.807) is 22.8 Å². The van der Waals surface area contributed by atoms with Crippen LogP contribution in [0, 0.1) is 0 Å². The molecule has 0 bridgehead atoms. The molecule has 0 radical (unpaired) electrons. The predicted molar refractivity (Wildman–Crippen MR) is 98.1 cm³/mol. The fraction of sp³-hybridized carbons (Fsp3) is 0.353. The van der Waals surface area contributed by atoms with Gasteiger partial charge < -0.3 is 10.4 Å². The van der Waals surface area contributed by atoms with Gasteiger partial charge in [0.15, 0.2) is 5.65 Å². The first kappa shape index (κ1) is 16.6. The number of aromatic nitrogens is 4. The maximum Gasteiger partial charge on any atom is 0.154 e. The molecule has 25 heavy (non-hydrogen) atoms. The number of hydrogen-bond acceptors (Lipinski definition) is 5. The minimum Gasteiger partial charge on any atom is -0.393 e. The summed E-state index contributed by atoms with van der Waals surface area (Å²) in [7, 11) is 0. The second-order valence-corrected chi connectivity index (χ2v) is 7.06. The lowest BCUT2D eigenvalue weighted by Crippen LogP contribution is -2.28. The molecular weight excluding hydrogens is 361 g/mol. The number of halogens is 2. The first-order chi connectivity index (χ1) is 12.1. The van der Waals surface area contributed by atoms with Gasteiger partial charge in [-0.25, -0.2) is 14.5 Å². The highest BCUT2D eigenvalue weighted by molar-refractivity contribution is 6.32. The largest absolute Gasteiger partial charge is 0.393 e. The molecule has 4 rings (SSSR count). The number of nitrogens with one attached hydrogen (secondary N) is 1. The Labute approximate surface area is 154 Å². The summed E-state index contributed by atoms with van der Waals surface area (Å²) in [6.45, 7) is 0. The fourth-order valence-electron chi connectivity index (χ4n) is 3.19. The van der Waals surface area contributed by atoms with Crippen LogP contribution >= 0.6 is 23.2 Å². The van der Waals surface area contributed by atoms with Gasteiger partial charge in [0.1, 0.15) is 16.1 Å². The zero-order chi connectivity index (χ0) is 17.4. The first-order valence-electron chi connectivity index (χ1n) is 8.21. The summed E-state index contributed by atoms with van der Waals surface area (Å²) in [4.78, 5) is 8.36. The predicted octanol–water partition coefficient (Wildman–Crippen LogP) is 3.81. The van der Waals surface area contributed by atoms with E-state index in [4.69, 9.17) is 23.2 Å². The molecule has 3 heterocycles. The van der Waals surface area contributed by atoms with Gasteiger partial charge in [0.2, 0.25) is 0 Å². The molecule has 0 aliphatic heterocycles. The Balaban J connectivity index is 1.65. The summed E-state index contributed by atoms with van der Waals surface area (Å²) in [6.07, 6.45) is 5.09.